The van der Waals surface area contributed by atoms with Crippen LogP contribution in [-0.2, 0) is 11.3 Å². The van der Waals surface area contributed by atoms with Gasteiger partial charge in [0.05, 0.1) is 25.9 Å². The first kappa shape index (κ1) is 25.2. The second kappa shape index (κ2) is 11.7. The molecule has 6 heteroatoms. The van der Waals surface area contributed by atoms with E-state index in [1.54, 1.807) is 7.11 Å². The van der Waals surface area contributed by atoms with Crippen LogP contribution in [0.1, 0.15) is 51.0 Å². The van der Waals surface area contributed by atoms with Gasteiger partial charge in [-0.3, -0.25) is 4.79 Å². The van der Waals surface area contributed by atoms with Crippen LogP contribution in [-0.4, -0.2) is 30.3 Å². The molecule has 37 heavy (non-hydrogen) atoms. The summed E-state index contributed by atoms with van der Waals surface area (Å²) in [5, 5.41) is 14.5. The number of aliphatic hydroxyl groups excluding tert-OH is 1. The molecule has 1 fully saturated rings. The summed E-state index contributed by atoms with van der Waals surface area (Å²) in [6.45, 7) is 0.529. The van der Waals surface area contributed by atoms with Gasteiger partial charge in [-0.1, -0.05) is 78.9 Å². The number of methoxy groups -OCH3 is 1. The van der Waals surface area contributed by atoms with Crippen molar-refractivity contribution in [3.05, 3.63) is 112 Å². The van der Waals surface area contributed by atoms with Gasteiger partial charge in [-0.15, -0.1) is 11.3 Å². The Morgan fingerprint density at radius 2 is 1.70 bits per heavy atom. The molecule has 0 saturated heterocycles. The standard InChI is InChI=1S/C31H31NO4S/c1-35-26-17-9-8-15-23(26)29(33)28-19-24(22-13-6-3-7-14-22)30(37-28)31(34)32-25-16-10-18-27(25)36-20-21-11-4-2-5-12-21/h2-9,11-15,17,19,25,27,29,33H,10,16,18,20H2,1H3,(H,32,34)/t25-,27-,29?/m0/s1. The van der Waals surface area contributed by atoms with Crippen molar-refractivity contribution in [3.8, 4) is 16.9 Å². The van der Waals surface area contributed by atoms with Gasteiger partial charge in [-0.05, 0) is 42.5 Å². The number of ether oxygens (including phenoxy) is 2. The van der Waals surface area contributed by atoms with Crippen LogP contribution in [0.25, 0.3) is 11.1 Å². The van der Waals surface area contributed by atoms with Gasteiger partial charge in [0.25, 0.3) is 5.91 Å². The van der Waals surface area contributed by atoms with Crippen LogP contribution in [0.15, 0.2) is 91.0 Å². The lowest BCUT2D eigenvalue weighted by atomic mass is 10.0. The predicted octanol–water partition coefficient (Wildman–Crippen LogP) is 6.37. The molecular formula is C31H31NO4S. The predicted molar refractivity (Wildman–Crippen MR) is 147 cm³/mol. The minimum absolute atomic E-state index is 0.0251. The molecule has 1 aliphatic carbocycles. The van der Waals surface area contributed by atoms with E-state index in [0.717, 1.165) is 36.0 Å². The number of para-hydroxylation sites is 1. The molecule has 2 N–H and O–H groups in total. The van der Waals surface area contributed by atoms with Crippen molar-refractivity contribution in [1.29, 1.82) is 0 Å². The highest BCUT2D eigenvalue weighted by atomic mass is 32.1. The summed E-state index contributed by atoms with van der Waals surface area (Å²) in [7, 11) is 1.59. The Bertz CT molecular complexity index is 1320. The number of carbonyl (C=O) groups excluding carboxylic acids is 1. The van der Waals surface area contributed by atoms with Gasteiger partial charge >= 0.3 is 0 Å². The molecule has 3 aromatic carbocycles. The highest BCUT2D eigenvalue weighted by Gasteiger charge is 2.31. The SMILES string of the molecule is COc1ccccc1C(O)c1cc(-c2ccccc2)c(C(=O)N[C@H]2CCC[C@@H]2OCc2ccccc2)s1. The Morgan fingerprint density at radius 3 is 2.46 bits per heavy atom. The Labute approximate surface area is 221 Å². The number of amides is 1. The molecule has 1 saturated carbocycles. The normalized spacial score (nSPS) is 17.9. The minimum atomic E-state index is -0.904. The maximum atomic E-state index is 13.6. The van der Waals surface area contributed by atoms with Crippen molar-refractivity contribution in [2.24, 2.45) is 0 Å². The lowest BCUT2D eigenvalue weighted by molar-refractivity contribution is 0.0272. The van der Waals surface area contributed by atoms with E-state index in [4.69, 9.17) is 9.47 Å². The molecule has 1 amide bonds. The molecule has 0 radical (unpaired) electrons. The first-order chi connectivity index (χ1) is 18.1. The van der Waals surface area contributed by atoms with Crippen molar-refractivity contribution in [2.75, 3.05) is 7.11 Å². The zero-order valence-corrected chi connectivity index (χ0v) is 21.6. The fourth-order valence-electron chi connectivity index (χ4n) is 4.89. The van der Waals surface area contributed by atoms with Crippen molar-refractivity contribution >= 4 is 17.2 Å². The van der Waals surface area contributed by atoms with Crippen molar-refractivity contribution < 1.29 is 19.4 Å². The first-order valence-corrected chi connectivity index (χ1v) is 13.4. The van der Waals surface area contributed by atoms with Crippen LogP contribution in [0.3, 0.4) is 0 Å². The quantitative estimate of drug-likeness (QED) is 0.273. The molecule has 3 atom stereocenters. The zero-order chi connectivity index (χ0) is 25.6. The van der Waals surface area contributed by atoms with Gasteiger partial charge in [0.2, 0.25) is 0 Å². The number of carbonyl (C=O) groups is 1. The summed E-state index contributed by atoms with van der Waals surface area (Å²) < 4.78 is 11.7. The van der Waals surface area contributed by atoms with E-state index in [1.807, 2.05) is 78.9 Å². The molecule has 0 spiro atoms. The van der Waals surface area contributed by atoms with E-state index in [0.29, 0.717) is 27.7 Å². The minimum Gasteiger partial charge on any atom is -0.496 e. The molecular weight excluding hydrogens is 482 g/mol. The van der Waals surface area contributed by atoms with Crippen molar-refractivity contribution in [2.45, 2.75) is 44.1 Å². The number of thiophene rings is 1. The van der Waals surface area contributed by atoms with Gasteiger partial charge in [0.15, 0.2) is 0 Å². The molecule has 1 aromatic heterocycles. The van der Waals surface area contributed by atoms with Gasteiger partial charge in [0.1, 0.15) is 16.7 Å². The summed E-state index contributed by atoms with van der Waals surface area (Å²) in [6.07, 6.45) is 1.89. The fraction of sp³-hybridized carbons (Fsp3) is 0.258. The Balaban J connectivity index is 1.39. The summed E-state index contributed by atoms with van der Waals surface area (Å²) in [4.78, 5) is 14.9. The molecule has 4 aromatic rings. The van der Waals surface area contributed by atoms with Gasteiger partial charge in [-0.2, -0.15) is 0 Å². The monoisotopic (exact) mass is 513 g/mol. The van der Waals surface area contributed by atoms with Gasteiger partial charge < -0.3 is 19.9 Å². The highest BCUT2D eigenvalue weighted by molar-refractivity contribution is 7.14. The van der Waals surface area contributed by atoms with E-state index in [2.05, 4.69) is 17.4 Å². The molecule has 1 heterocycles. The average molecular weight is 514 g/mol. The maximum absolute atomic E-state index is 13.6. The van der Waals surface area contributed by atoms with E-state index in [-0.39, 0.29) is 18.1 Å². The van der Waals surface area contributed by atoms with E-state index in [9.17, 15) is 9.90 Å². The van der Waals surface area contributed by atoms with E-state index >= 15 is 0 Å². The third-order valence-corrected chi connectivity index (χ3v) is 8.01. The second-order valence-electron chi connectivity index (χ2n) is 9.25. The first-order valence-electron chi connectivity index (χ1n) is 12.6. The maximum Gasteiger partial charge on any atom is 0.262 e. The molecule has 190 valence electrons. The third-order valence-electron chi connectivity index (χ3n) is 6.82. The van der Waals surface area contributed by atoms with Gasteiger partial charge in [0, 0.05) is 16.0 Å². The second-order valence-corrected chi connectivity index (χ2v) is 10.3. The molecule has 5 rings (SSSR count). The smallest absolute Gasteiger partial charge is 0.262 e. The molecule has 1 aliphatic rings. The average Bonchev–Trinajstić information content (AvgIpc) is 3.60. The highest BCUT2D eigenvalue weighted by Crippen LogP contribution is 2.39. The lowest BCUT2D eigenvalue weighted by Gasteiger charge is -2.21. The molecule has 5 nitrogen and oxygen atoms in total. The number of rotatable bonds is 9. The molecule has 0 bridgehead atoms. The van der Waals surface area contributed by atoms with Crippen molar-refractivity contribution in [3.63, 3.8) is 0 Å². The largest absolute Gasteiger partial charge is 0.496 e. The summed E-state index contributed by atoms with van der Waals surface area (Å²) >= 11 is 1.32. The van der Waals surface area contributed by atoms with Crippen molar-refractivity contribution in [1.82, 2.24) is 5.32 Å². The van der Waals surface area contributed by atoms with Crippen LogP contribution in [0, 0.1) is 0 Å². The topological polar surface area (TPSA) is 67.8 Å². The van der Waals surface area contributed by atoms with Crippen LogP contribution in [0.2, 0.25) is 0 Å². The van der Waals surface area contributed by atoms with E-state index in [1.165, 1.54) is 11.3 Å². The fourth-order valence-corrected chi connectivity index (χ4v) is 5.98. The zero-order valence-electron chi connectivity index (χ0n) is 20.8. The third kappa shape index (κ3) is 5.77. The van der Waals surface area contributed by atoms with Crippen LogP contribution >= 0.6 is 11.3 Å². The van der Waals surface area contributed by atoms with Crippen LogP contribution in [0.5, 0.6) is 5.75 Å². The summed E-state index contributed by atoms with van der Waals surface area (Å²) in [6, 6.07) is 29.2. The Kier molecular flexibility index (Phi) is 7.99. The Morgan fingerprint density at radius 1 is 1.00 bits per heavy atom. The van der Waals surface area contributed by atoms with Crippen LogP contribution < -0.4 is 10.1 Å². The molecule has 1 unspecified atom stereocenters. The number of hydrogen-bond acceptors (Lipinski definition) is 5. The van der Waals surface area contributed by atoms with Gasteiger partial charge in [-0.25, -0.2) is 0 Å². The summed E-state index contributed by atoms with van der Waals surface area (Å²) in [5.41, 5.74) is 3.54. The number of hydrogen-bond donors (Lipinski definition) is 2. The lowest BCUT2D eigenvalue weighted by Crippen LogP contribution is -2.41. The number of nitrogens with one attached hydrogen (secondary N) is 1. The number of benzene rings is 3. The Hall–Kier alpha value is -3.45. The van der Waals surface area contributed by atoms with E-state index < -0.39 is 6.10 Å². The number of aliphatic hydroxyl groups is 1. The summed E-state index contributed by atoms with van der Waals surface area (Å²) in [5.74, 6) is 0.475. The molecule has 0 aliphatic heterocycles. The van der Waals surface area contributed by atoms with Crippen LogP contribution in [0.4, 0.5) is 0 Å².